The normalized spacial score (nSPS) is 10.8. The molecule has 136 valence electrons. The van der Waals surface area contributed by atoms with Gasteiger partial charge in [0.25, 0.3) is 5.56 Å². The summed E-state index contributed by atoms with van der Waals surface area (Å²) in [5.74, 6) is 0.711. The molecule has 0 spiro atoms. The number of aryl methyl sites for hydroxylation is 1. The number of H-pyrrole nitrogens is 1. The van der Waals surface area contributed by atoms with Gasteiger partial charge in [-0.25, -0.2) is 9.50 Å². The maximum absolute atomic E-state index is 12.4. The SMILES string of the molecule is COC(=O)Cc1cc(=O)n2[nH]c(C)c(-c3ccc(OC)c(OC)c3)c2n1. The minimum absolute atomic E-state index is 0.0716. The van der Waals surface area contributed by atoms with E-state index >= 15 is 0 Å². The van der Waals surface area contributed by atoms with Crippen LogP contribution in [0.1, 0.15) is 11.4 Å². The van der Waals surface area contributed by atoms with E-state index in [-0.39, 0.29) is 12.0 Å². The molecule has 1 aromatic carbocycles. The van der Waals surface area contributed by atoms with Crippen LogP contribution in [-0.4, -0.2) is 41.9 Å². The molecule has 0 aliphatic rings. The zero-order valence-electron chi connectivity index (χ0n) is 15.0. The Hall–Kier alpha value is -3.29. The van der Waals surface area contributed by atoms with E-state index in [9.17, 15) is 9.59 Å². The molecule has 0 amide bonds. The molecule has 0 fully saturated rings. The fourth-order valence-corrected chi connectivity index (χ4v) is 2.84. The molecule has 3 aromatic rings. The Kier molecular flexibility index (Phi) is 4.66. The molecular weight excluding hydrogens is 338 g/mol. The van der Waals surface area contributed by atoms with E-state index in [0.29, 0.717) is 22.8 Å². The fraction of sp³-hybridized carbons (Fsp3) is 0.278. The average Bonchev–Trinajstić information content (AvgIpc) is 2.97. The standard InChI is InChI=1S/C18H19N3O5/c1-10-17(11-5-6-13(24-2)14(7-11)25-3)18-19-12(9-16(23)26-4)8-15(22)21(18)20-10/h5-8,20H,9H2,1-4H3. The van der Waals surface area contributed by atoms with Crippen LogP contribution in [0.15, 0.2) is 29.1 Å². The number of aromatic nitrogens is 3. The number of ether oxygens (including phenoxy) is 3. The minimum Gasteiger partial charge on any atom is -0.493 e. The van der Waals surface area contributed by atoms with Gasteiger partial charge in [-0.1, -0.05) is 6.07 Å². The number of esters is 1. The predicted octanol–water partition coefficient (Wildman–Crippen LogP) is 1.73. The smallest absolute Gasteiger partial charge is 0.311 e. The van der Waals surface area contributed by atoms with E-state index in [2.05, 4.69) is 14.8 Å². The molecule has 0 saturated carbocycles. The molecule has 0 unspecified atom stereocenters. The van der Waals surface area contributed by atoms with Gasteiger partial charge in [0.2, 0.25) is 0 Å². The highest BCUT2D eigenvalue weighted by Crippen LogP contribution is 2.34. The van der Waals surface area contributed by atoms with Crippen molar-refractivity contribution in [1.29, 1.82) is 0 Å². The van der Waals surface area contributed by atoms with Gasteiger partial charge in [0, 0.05) is 17.3 Å². The number of carbonyl (C=O) groups is 1. The summed E-state index contributed by atoms with van der Waals surface area (Å²) >= 11 is 0. The van der Waals surface area contributed by atoms with E-state index in [1.54, 1.807) is 20.3 Å². The van der Waals surface area contributed by atoms with Crippen molar-refractivity contribution in [3.8, 4) is 22.6 Å². The summed E-state index contributed by atoms with van der Waals surface area (Å²) in [6.07, 6.45) is -0.0716. The number of hydrogen-bond donors (Lipinski definition) is 1. The van der Waals surface area contributed by atoms with Crippen LogP contribution in [0.3, 0.4) is 0 Å². The van der Waals surface area contributed by atoms with E-state index in [1.807, 2.05) is 19.1 Å². The van der Waals surface area contributed by atoms with Crippen LogP contribution in [-0.2, 0) is 16.0 Å². The molecule has 0 saturated heterocycles. The van der Waals surface area contributed by atoms with E-state index in [1.165, 1.54) is 17.7 Å². The molecule has 0 aliphatic heterocycles. The van der Waals surface area contributed by atoms with Gasteiger partial charge in [0.15, 0.2) is 17.1 Å². The average molecular weight is 357 g/mol. The van der Waals surface area contributed by atoms with Gasteiger partial charge >= 0.3 is 5.97 Å². The summed E-state index contributed by atoms with van der Waals surface area (Å²) in [5.41, 5.74) is 2.79. The number of nitrogens with zero attached hydrogens (tertiary/aromatic N) is 2. The quantitative estimate of drug-likeness (QED) is 0.699. The highest BCUT2D eigenvalue weighted by Gasteiger charge is 2.17. The second-order valence-electron chi connectivity index (χ2n) is 5.68. The molecule has 8 nitrogen and oxygen atoms in total. The van der Waals surface area contributed by atoms with Crippen molar-refractivity contribution in [2.75, 3.05) is 21.3 Å². The van der Waals surface area contributed by atoms with Crippen molar-refractivity contribution >= 4 is 11.6 Å². The summed E-state index contributed by atoms with van der Waals surface area (Å²) in [6, 6.07) is 6.77. The monoisotopic (exact) mass is 357 g/mol. The Bertz CT molecular complexity index is 1040. The van der Waals surface area contributed by atoms with Crippen molar-refractivity contribution in [1.82, 2.24) is 14.6 Å². The van der Waals surface area contributed by atoms with Crippen LogP contribution >= 0.6 is 0 Å². The lowest BCUT2D eigenvalue weighted by Crippen LogP contribution is -2.17. The number of nitrogens with one attached hydrogen (secondary N) is 1. The van der Waals surface area contributed by atoms with Crippen LogP contribution in [0, 0.1) is 6.92 Å². The fourth-order valence-electron chi connectivity index (χ4n) is 2.84. The molecular formula is C18H19N3O5. The molecule has 1 N–H and O–H groups in total. The first-order chi connectivity index (χ1) is 12.5. The first kappa shape index (κ1) is 17.5. The van der Waals surface area contributed by atoms with Crippen molar-refractivity contribution in [3.05, 3.63) is 46.0 Å². The van der Waals surface area contributed by atoms with E-state index in [4.69, 9.17) is 9.47 Å². The first-order valence-electron chi connectivity index (χ1n) is 7.89. The lowest BCUT2D eigenvalue weighted by Gasteiger charge is -2.09. The highest BCUT2D eigenvalue weighted by molar-refractivity contribution is 5.81. The van der Waals surface area contributed by atoms with Crippen LogP contribution in [0.5, 0.6) is 11.5 Å². The summed E-state index contributed by atoms with van der Waals surface area (Å²) in [5, 5.41) is 3.01. The number of rotatable bonds is 5. The Morgan fingerprint density at radius 1 is 1.15 bits per heavy atom. The molecule has 26 heavy (non-hydrogen) atoms. The van der Waals surface area contributed by atoms with Gasteiger partial charge in [-0.15, -0.1) is 0 Å². The Balaban J connectivity index is 2.21. The van der Waals surface area contributed by atoms with Crippen molar-refractivity contribution < 1.29 is 19.0 Å². The number of carbonyl (C=O) groups excluding carboxylic acids is 1. The molecule has 2 aromatic heterocycles. The maximum Gasteiger partial charge on any atom is 0.311 e. The van der Waals surface area contributed by atoms with E-state index in [0.717, 1.165) is 16.8 Å². The third-order valence-corrected chi connectivity index (χ3v) is 4.08. The summed E-state index contributed by atoms with van der Waals surface area (Å²) in [7, 11) is 4.42. The maximum atomic E-state index is 12.4. The topological polar surface area (TPSA) is 94.9 Å². The lowest BCUT2D eigenvalue weighted by atomic mass is 10.1. The van der Waals surface area contributed by atoms with Gasteiger partial charge in [0.1, 0.15) is 0 Å². The molecule has 0 aliphatic carbocycles. The minimum atomic E-state index is -0.457. The van der Waals surface area contributed by atoms with Crippen LogP contribution < -0.4 is 15.0 Å². The van der Waals surface area contributed by atoms with Crippen molar-refractivity contribution in [3.63, 3.8) is 0 Å². The zero-order valence-corrected chi connectivity index (χ0v) is 15.0. The molecule has 8 heteroatoms. The molecule has 0 atom stereocenters. The number of aromatic amines is 1. The van der Waals surface area contributed by atoms with Gasteiger partial charge < -0.3 is 14.2 Å². The lowest BCUT2D eigenvalue weighted by molar-refractivity contribution is -0.139. The van der Waals surface area contributed by atoms with Gasteiger partial charge in [0.05, 0.1) is 33.4 Å². The van der Waals surface area contributed by atoms with Crippen molar-refractivity contribution in [2.24, 2.45) is 0 Å². The molecule has 0 bridgehead atoms. The van der Waals surface area contributed by atoms with E-state index < -0.39 is 5.97 Å². The van der Waals surface area contributed by atoms with Crippen LogP contribution in [0.25, 0.3) is 16.8 Å². The Morgan fingerprint density at radius 2 is 1.88 bits per heavy atom. The Morgan fingerprint density at radius 3 is 2.54 bits per heavy atom. The molecule has 0 radical (unpaired) electrons. The second kappa shape index (κ2) is 6.91. The highest BCUT2D eigenvalue weighted by atomic mass is 16.5. The van der Waals surface area contributed by atoms with Crippen LogP contribution in [0.2, 0.25) is 0 Å². The number of fused-ring (bicyclic) bond motifs is 1. The number of benzene rings is 1. The summed E-state index contributed by atoms with van der Waals surface area (Å²) < 4.78 is 16.6. The molecule has 2 heterocycles. The predicted molar refractivity (Wildman–Crippen MR) is 94.8 cm³/mol. The van der Waals surface area contributed by atoms with Gasteiger partial charge in [-0.05, 0) is 24.6 Å². The third kappa shape index (κ3) is 3.01. The van der Waals surface area contributed by atoms with Gasteiger partial charge in [-0.3, -0.25) is 14.7 Å². The van der Waals surface area contributed by atoms with Gasteiger partial charge in [-0.2, -0.15) is 0 Å². The zero-order chi connectivity index (χ0) is 18.8. The third-order valence-electron chi connectivity index (χ3n) is 4.08. The Labute approximate surface area is 149 Å². The summed E-state index contributed by atoms with van der Waals surface area (Å²) in [6.45, 7) is 1.85. The van der Waals surface area contributed by atoms with Crippen LogP contribution in [0.4, 0.5) is 0 Å². The summed E-state index contributed by atoms with van der Waals surface area (Å²) in [4.78, 5) is 28.4. The molecule has 3 rings (SSSR count). The largest absolute Gasteiger partial charge is 0.493 e. The first-order valence-corrected chi connectivity index (χ1v) is 7.89. The second-order valence-corrected chi connectivity index (χ2v) is 5.68. The number of hydrogen-bond acceptors (Lipinski definition) is 6. The number of methoxy groups -OCH3 is 3. The van der Waals surface area contributed by atoms with Crippen molar-refractivity contribution in [2.45, 2.75) is 13.3 Å².